The number of benzene rings is 1. The Kier molecular flexibility index (Phi) is 5.89. The highest BCUT2D eigenvalue weighted by Gasteiger charge is 2.16. The third-order valence-electron chi connectivity index (χ3n) is 3.08. The smallest absolute Gasteiger partial charge is 0.387 e. The minimum Gasteiger partial charge on any atom is -0.481 e. The van der Waals surface area contributed by atoms with E-state index in [1.165, 1.54) is 31.5 Å². The third-order valence-corrected chi connectivity index (χ3v) is 3.08. The first kappa shape index (κ1) is 17.5. The zero-order valence-electron chi connectivity index (χ0n) is 13.1. The maximum Gasteiger partial charge on any atom is 0.387 e. The van der Waals surface area contributed by atoms with E-state index >= 15 is 0 Å². The topological polar surface area (TPSA) is 72.5 Å². The molecule has 6 nitrogen and oxygen atoms in total. The molecule has 1 aromatic heterocycles. The molecule has 1 atom stereocenters. The molecule has 8 heteroatoms. The Morgan fingerprint density at radius 3 is 2.58 bits per heavy atom. The minimum absolute atomic E-state index is 0.0980. The molecule has 1 unspecified atom stereocenters. The highest BCUT2D eigenvalue weighted by molar-refractivity contribution is 5.97. The minimum atomic E-state index is -2.97. The molecule has 1 aromatic carbocycles. The van der Waals surface area contributed by atoms with E-state index in [0.29, 0.717) is 11.6 Å². The molecule has 0 saturated carbocycles. The first-order chi connectivity index (χ1) is 11.5. The van der Waals surface area contributed by atoms with Crippen LogP contribution in [0.15, 0.2) is 42.6 Å². The molecule has 24 heavy (non-hydrogen) atoms. The van der Waals surface area contributed by atoms with E-state index < -0.39 is 18.6 Å². The second-order valence-corrected chi connectivity index (χ2v) is 4.82. The van der Waals surface area contributed by atoms with Crippen molar-refractivity contribution in [2.45, 2.75) is 19.6 Å². The number of hydrogen-bond acceptors (Lipinski definition) is 5. The Balaban J connectivity index is 2.01. The Morgan fingerprint density at radius 2 is 1.96 bits per heavy atom. The quantitative estimate of drug-likeness (QED) is 0.812. The fourth-order valence-electron chi connectivity index (χ4n) is 1.91. The zero-order valence-corrected chi connectivity index (χ0v) is 13.1. The van der Waals surface area contributed by atoms with Gasteiger partial charge in [-0.2, -0.15) is 8.78 Å². The normalized spacial score (nSPS) is 11.7. The van der Waals surface area contributed by atoms with Crippen molar-refractivity contribution < 1.29 is 23.0 Å². The lowest BCUT2D eigenvalue weighted by Gasteiger charge is -2.17. The van der Waals surface area contributed by atoms with Crippen LogP contribution in [-0.4, -0.2) is 30.7 Å². The predicted octanol–water partition coefficient (Wildman–Crippen LogP) is 3.13. The van der Waals surface area contributed by atoms with Crippen LogP contribution in [0.3, 0.4) is 0 Å². The van der Waals surface area contributed by atoms with Gasteiger partial charge in [0.25, 0.3) is 0 Å². The number of halogens is 2. The molecular weight excluding hydrogens is 320 g/mol. The fraction of sp³-hybridized carbons (Fsp3) is 0.250. The van der Waals surface area contributed by atoms with Crippen LogP contribution in [-0.2, 0) is 4.79 Å². The molecule has 0 aliphatic rings. The van der Waals surface area contributed by atoms with E-state index in [1.807, 2.05) is 0 Å². The number of methoxy groups -OCH3 is 1. The molecule has 1 heterocycles. The van der Waals surface area contributed by atoms with E-state index in [2.05, 4.69) is 20.4 Å². The number of anilines is 2. The van der Waals surface area contributed by atoms with Crippen LogP contribution in [0.5, 0.6) is 11.6 Å². The second-order valence-electron chi connectivity index (χ2n) is 4.82. The number of carbonyl (C=O) groups excluding carboxylic acids is 1. The Hall–Kier alpha value is -2.90. The fourth-order valence-corrected chi connectivity index (χ4v) is 1.91. The predicted molar refractivity (Wildman–Crippen MR) is 85.6 cm³/mol. The molecule has 2 N–H and O–H groups in total. The molecular formula is C16H17F2N3O3. The van der Waals surface area contributed by atoms with E-state index in [1.54, 1.807) is 25.1 Å². The van der Waals surface area contributed by atoms with Gasteiger partial charge in [-0.15, -0.1) is 0 Å². The average Bonchev–Trinajstić information content (AvgIpc) is 2.56. The Morgan fingerprint density at radius 1 is 1.21 bits per heavy atom. The second kappa shape index (κ2) is 8.09. The number of hydrogen-bond donors (Lipinski definition) is 2. The lowest BCUT2D eigenvalue weighted by molar-refractivity contribution is -0.116. The lowest BCUT2D eigenvalue weighted by Crippen LogP contribution is -2.32. The monoisotopic (exact) mass is 337 g/mol. The summed E-state index contributed by atoms with van der Waals surface area (Å²) in [4.78, 5) is 16.2. The average molecular weight is 337 g/mol. The van der Waals surface area contributed by atoms with Gasteiger partial charge in [0.15, 0.2) is 0 Å². The van der Waals surface area contributed by atoms with Gasteiger partial charge >= 0.3 is 6.61 Å². The molecule has 2 aromatic rings. The van der Waals surface area contributed by atoms with Crippen molar-refractivity contribution in [2.24, 2.45) is 0 Å². The van der Waals surface area contributed by atoms with Gasteiger partial charge in [-0.05, 0) is 25.1 Å². The van der Waals surface area contributed by atoms with Gasteiger partial charge in [-0.1, -0.05) is 12.1 Å². The van der Waals surface area contributed by atoms with Crippen molar-refractivity contribution in [3.05, 3.63) is 42.6 Å². The van der Waals surface area contributed by atoms with Crippen LogP contribution in [0.2, 0.25) is 0 Å². The number of ether oxygens (including phenoxy) is 2. The van der Waals surface area contributed by atoms with Crippen LogP contribution in [0.4, 0.5) is 20.2 Å². The molecule has 0 fully saturated rings. The van der Waals surface area contributed by atoms with Gasteiger partial charge in [-0.3, -0.25) is 4.79 Å². The number of nitrogens with one attached hydrogen (secondary N) is 2. The number of nitrogens with zero attached hydrogens (tertiary/aromatic N) is 1. The third kappa shape index (κ3) is 4.80. The van der Waals surface area contributed by atoms with E-state index in [4.69, 9.17) is 4.74 Å². The van der Waals surface area contributed by atoms with Crippen LogP contribution < -0.4 is 20.1 Å². The summed E-state index contributed by atoms with van der Waals surface area (Å²) >= 11 is 0. The summed E-state index contributed by atoms with van der Waals surface area (Å²) in [5, 5.41) is 5.51. The van der Waals surface area contributed by atoms with E-state index in [-0.39, 0.29) is 11.4 Å². The maximum atomic E-state index is 12.4. The van der Waals surface area contributed by atoms with E-state index in [0.717, 1.165) is 0 Å². The van der Waals surface area contributed by atoms with Crippen LogP contribution in [0.1, 0.15) is 6.92 Å². The summed E-state index contributed by atoms with van der Waals surface area (Å²) in [6, 6.07) is 8.73. The Labute approximate surface area is 137 Å². The summed E-state index contributed by atoms with van der Waals surface area (Å²) in [6.07, 6.45) is 1.52. The van der Waals surface area contributed by atoms with Gasteiger partial charge in [0, 0.05) is 6.07 Å². The van der Waals surface area contributed by atoms with Crippen LogP contribution in [0, 0.1) is 0 Å². The van der Waals surface area contributed by atoms with Gasteiger partial charge in [-0.25, -0.2) is 4.98 Å². The summed E-state index contributed by atoms with van der Waals surface area (Å²) in [6.45, 7) is -1.33. The number of aromatic nitrogens is 1. The van der Waals surface area contributed by atoms with E-state index in [9.17, 15) is 13.6 Å². The molecule has 128 valence electrons. The highest BCUT2D eigenvalue weighted by atomic mass is 19.3. The number of amides is 1. The highest BCUT2D eigenvalue weighted by Crippen LogP contribution is 2.25. The summed E-state index contributed by atoms with van der Waals surface area (Å²) < 4.78 is 34.1. The molecule has 2 rings (SSSR count). The Bertz CT molecular complexity index is 681. The van der Waals surface area contributed by atoms with Gasteiger partial charge in [0.2, 0.25) is 11.8 Å². The van der Waals surface area contributed by atoms with Crippen molar-refractivity contribution in [1.29, 1.82) is 0 Å². The maximum absolute atomic E-state index is 12.4. The van der Waals surface area contributed by atoms with Gasteiger partial charge < -0.3 is 20.1 Å². The van der Waals surface area contributed by atoms with Crippen molar-refractivity contribution in [3.63, 3.8) is 0 Å². The lowest BCUT2D eigenvalue weighted by atomic mass is 10.2. The number of carbonyl (C=O) groups is 1. The molecule has 0 saturated heterocycles. The SMILES string of the molecule is COc1ccc(NC(C)C(=O)Nc2ccccc2OC(F)F)cn1. The van der Waals surface area contributed by atoms with Crippen LogP contribution >= 0.6 is 0 Å². The summed E-state index contributed by atoms with van der Waals surface area (Å²) in [5.74, 6) is -0.0500. The first-order valence-electron chi connectivity index (χ1n) is 7.11. The molecule has 0 bridgehead atoms. The van der Waals surface area contributed by atoms with Crippen molar-refractivity contribution in [3.8, 4) is 11.6 Å². The standard InChI is InChI=1S/C16H17F2N3O3/c1-10(20-11-7-8-14(23-2)19-9-11)15(22)21-12-5-3-4-6-13(12)24-16(17)18/h3-10,16,20H,1-2H3,(H,21,22). The molecule has 0 aliphatic carbocycles. The van der Waals surface area contributed by atoms with Gasteiger partial charge in [0.1, 0.15) is 11.8 Å². The van der Waals surface area contributed by atoms with Crippen molar-refractivity contribution in [1.82, 2.24) is 4.98 Å². The van der Waals surface area contributed by atoms with Crippen molar-refractivity contribution in [2.75, 3.05) is 17.7 Å². The summed E-state index contributed by atoms with van der Waals surface area (Å²) in [5.41, 5.74) is 0.792. The van der Waals surface area contributed by atoms with Crippen molar-refractivity contribution >= 4 is 17.3 Å². The zero-order chi connectivity index (χ0) is 17.5. The summed E-state index contributed by atoms with van der Waals surface area (Å²) in [7, 11) is 1.50. The molecule has 0 aliphatic heterocycles. The number of alkyl halides is 2. The number of para-hydroxylation sites is 2. The number of rotatable bonds is 7. The number of pyridine rings is 1. The molecule has 0 radical (unpaired) electrons. The van der Waals surface area contributed by atoms with Gasteiger partial charge in [0.05, 0.1) is 24.7 Å². The van der Waals surface area contributed by atoms with Crippen LogP contribution in [0.25, 0.3) is 0 Å². The largest absolute Gasteiger partial charge is 0.481 e. The molecule has 0 spiro atoms. The first-order valence-corrected chi connectivity index (χ1v) is 7.11. The molecule has 1 amide bonds.